The normalized spacial score (nSPS) is 21.6. The maximum atomic E-state index is 14.5. The van der Waals surface area contributed by atoms with Crippen LogP contribution in [0.2, 0.25) is 0 Å². The Bertz CT molecular complexity index is 1030. The van der Waals surface area contributed by atoms with Crippen molar-refractivity contribution in [3.8, 4) is 5.75 Å². The zero-order valence-electron chi connectivity index (χ0n) is 17.7. The van der Waals surface area contributed by atoms with Crippen molar-refractivity contribution in [3.63, 3.8) is 0 Å². The van der Waals surface area contributed by atoms with Gasteiger partial charge in [-0.3, -0.25) is 9.69 Å². The Morgan fingerprint density at radius 2 is 1.75 bits per heavy atom. The molecule has 170 valence electrons. The first-order chi connectivity index (χ1) is 15.3. The SMILES string of the molecule is COc1c(F)c(F)cc(C(=O)N2CCC(N3C(=O)OC(c4ccccc4)C3C)CC2)c1F. The molecule has 0 aromatic heterocycles. The Balaban J connectivity index is 1.45. The van der Waals surface area contributed by atoms with Crippen LogP contribution in [0.5, 0.6) is 5.75 Å². The number of rotatable bonds is 4. The molecule has 2 amide bonds. The standard InChI is InChI=1S/C23H23F3N2O4/c1-13-20(14-6-4-3-5-7-14)32-23(30)28(13)15-8-10-27(11-9-15)22(29)16-12-17(24)19(26)21(31-2)18(16)25/h3-7,12-13,15,20H,8-11H2,1-2H3. The lowest BCUT2D eigenvalue weighted by Gasteiger charge is -2.37. The highest BCUT2D eigenvalue weighted by Gasteiger charge is 2.44. The van der Waals surface area contributed by atoms with Crippen molar-refractivity contribution in [2.75, 3.05) is 20.2 Å². The minimum absolute atomic E-state index is 0.153. The van der Waals surface area contributed by atoms with Crippen LogP contribution in [-0.2, 0) is 4.74 Å². The summed E-state index contributed by atoms with van der Waals surface area (Å²) >= 11 is 0. The molecule has 32 heavy (non-hydrogen) atoms. The monoisotopic (exact) mass is 448 g/mol. The molecule has 2 fully saturated rings. The van der Waals surface area contributed by atoms with Crippen molar-refractivity contribution in [3.05, 3.63) is 65.0 Å². The van der Waals surface area contributed by atoms with Gasteiger partial charge < -0.3 is 14.4 Å². The third-order valence-corrected chi connectivity index (χ3v) is 6.14. The largest absolute Gasteiger partial charge is 0.491 e. The fourth-order valence-corrected chi connectivity index (χ4v) is 4.48. The van der Waals surface area contributed by atoms with E-state index in [9.17, 15) is 22.8 Å². The van der Waals surface area contributed by atoms with E-state index in [0.717, 1.165) is 12.7 Å². The van der Waals surface area contributed by atoms with Gasteiger partial charge in [0.05, 0.1) is 18.7 Å². The minimum atomic E-state index is -1.48. The Kier molecular flexibility index (Phi) is 5.99. The van der Waals surface area contributed by atoms with E-state index in [-0.39, 0.29) is 31.3 Å². The third kappa shape index (κ3) is 3.76. The highest BCUT2D eigenvalue weighted by molar-refractivity contribution is 5.95. The number of hydrogen-bond donors (Lipinski definition) is 0. The fraction of sp³-hybridized carbons (Fsp3) is 0.391. The number of likely N-dealkylation sites (tertiary alicyclic amines) is 1. The number of benzene rings is 2. The van der Waals surface area contributed by atoms with Gasteiger partial charge in [-0.1, -0.05) is 30.3 Å². The number of methoxy groups -OCH3 is 1. The first-order valence-corrected chi connectivity index (χ1v) is 10.4. The van der Waals surface area contributed by atoms with E-state index in [1.54, 1.807) is 4.90 Å². The first kappa shape index (κ1) is 22.0. The van der Waals surface area contributed by atoms with Crippen molar-refractivity contribution in [1.82, 2.24) is 9.80 Å². The summed E-state index contributed by atoms with van der Waals surface area (Å²) in [6, 6.07) is 9.68. The van der Waals surface area contributed by atoms with Gasteiger partial charge in [0.1, 0.15) is 6.10 Å². The molecule has 4 rings (SSSR count). The summed E-state index contributed by atoms with van der Waals surface area (Å²) in [5, 5.41) is 0. The van der Waals surface area contributed by atoms with Gasteiger partial charge in [-0.2, -0.15) is 4.39 Å². The average Bonchev–Trinajstić information content (AvgIpc) is 3.10. The van der Waals surface area contributed by atoms with Crippen molar-refractivity contribution in [1.29, 1.82) is 0 Å². The van der Waals surface area contributed by atoms with Gasteiger partial charge in [0.15, 0.2) is 17.4 Å². The molecule has 0 N–H and O–H groups in total. The average molecular weight is 448 g/mol. The summed E-state index contributed by atoms with van der Waals surface area (Å²) < 4.78 is 52.2. The molecule has 9 heteroatoms. The molecule has 2 aromatic carbocycles. The molecule has 0 saturated carbocycles. The van der Waals surface area contributed by atoms with Crippen molar-refractivity contribution >= 4 is 12.0 Å². The van der Waals surface area contributed by atoms with Crippen LogP contribution < -0.4 is 4.74 Å². The molecule has 0 spiro atoms. The number of carbonyl (C=O) groups excluding carboxylic acids is 2. The minimum Gasteiger partial charge on any atom is -0.491 e. The molecular formula is C23H23F3N2O4. The van der Waals surface area contributed by atoms with Crippen LogP contribution in [-0.4, -0.2) is 54.1 Å². The van der Waals surface area contributed by atoms with Gasteiger partial charge in [0.25, 0.3) is 5.91 Å². The second-order valence-electron chi connectivity index (χ2n) is 7.95. The predicted molar refractivity (Wildman–Crippen MR) is 109 cm³/mol. The Morgan fingerprint density at radius 1 is 1.09 bits per heavy atom. The molecule has 2 unspecified atom stereocenters. The fourth-order valence-electron chi connectivity index (χ4n) is 4.48. The van der Waals surface area contributed by atoms with Gasteiger partial charge in [0.2, 0.25) is 5.82 Å². The molecule has 0 radical (unpaired) electrons. The zero-order valence-corrected chi connectivity index (χ0v) is 17.7. The van der Waals surface area contributed by atoms with Crippen LogP contribution in [0.4, 0.5) is 18.0 Å². The lowest BCUT2D eigenvalue weighted by atomic mass is 9.98. The summed E-state index contributed by atoms with van der Waals surface area (Å²) in [5.41, 5.74) is 0.323. The molecule has 2 atom stereocenters. The molecule has 6 nitrogen and oxygen atoms in total. The number of cyclic esters (lactones) is 1. The maximum absolute atomic E-state index is 14.5. The highest BCUT2D eigenvalue weighted by atomic mass is 19.2. The highest BCUT2D eigenvalue weighted by Crippen LogP contribution is 2.36. The summed E-state index contributed by atoms with van der Waals surface area (Å²) in [4.78, 5) is 28.4. The van der Waals surface area contributed by atoms with Crippen LogP contribution in [0.15, 0.2) is 36.4 Å². The number of nitrogens with zero attached hydrogens (tertiary/aromatic N) is 2. The van der Waals surface area contributed by atoms with Crippen LogP contribution in [0.3, 0.4) is 0 Å². The summed E-state index contributed by atoms with van der Waals surface area (Å²) in [5.74, 6) is -5.75. The number of carbonyl (C=O) groups is 2. The molecule has 2 saturated heterocycles. The number of piperidine rings is 1. The summed E-state index contributed by atoms with van der Waals surface area (Å²) in [6.07, 6.45) is 0.115. The third-order valence-electron chi connectivity index (χ3n) is 6.14. The second kappa shape index (κ2) is 8.72. The van der Waals surface area contributed by atoms with E-state index in [2.05, 4.69) is 4.74 Å². The van der Waals surface area contributed by atoms with E-state index in [1.165, 1.54) is 4.90 Å². The van der Waals surface area contributed by atoms with Gasteiger partial charge in [0, 0.05) is 19.1 Å². The Labute approximate surface area is 183 Å². The van der Waals surface area contributed by atoms with Crippen molar-refractivity contribution < 1.29 is 32.2 Å². The van der Waals surface area contributed by atoms with E-state index in [0.29, 0.717) is 18.9 Å². The molecule has 2 aliphatic rings. The van der Waals surface area contributed by atoms with Crippen LogP contribution in [0.1, 0.15) is 41.8 Å². The molecule has 0 bridgehead atoms. The predicted octanol–water partition coefficient (Wildman–Crippen LogP) is 4.30. The molecular weight excluding hydrogens is 425 g/mol. The zero-order chi connectivity index (χ0) is 23.0. The number of halogens is 3. The van der Waals surface area contributed by atoms with Gasteiger partial charge in [-0.25, -0.2) is 13.6 Å². The molecule has 0 aliphatic carbocycles. The van der Waals surface area contributed by atoms with E-state index < -0.39 is 40.8 Å². The Morgan fingerprint density at radius 3 is 2.38 bits per heavy atom. The van der Waals surface area contributed by atoms with Gasteiger partial charge in [-0.05, 0) is 31.4 Å². The smallest absolute Gasteiger partial charge is 0.411 e. The van der Waals surface area contributed by atoms with E-state index >= 15 is 0 Å². The molecule has 2 aliphatic heterocycles. The van der Waals surface area contributed by atoms with Crippen LogP contribution >= 0.6 is 0 Å². The summed E-state index contributed by atoms with van der Waals surface area (Å²) in [7, 11) is 1.000. The molecule has 2 aromatic rings. The quantitative estimate of drug-likeness (QED) is 0.655. The van der Waals surface area contributed by atoms with E-state index in [4.69, 9.17) is 4.74 Å². The van der Waals surface area contributed by atoms with Crippen molar-refractivity contribution in [2.45, 2.75) is 38.0 Å². The number of hydrogen-bond acceptors (Lipinski definition) is 4. The van der Waals surface area contributed by atoms with Crippen LogP contribution in [0, 0.1) is 17.5 Å². The van der Waals surface area contributed by atoms with Crippen molar-refractivity contribution in [2.24, 2.45) is 0 Å². The lowest BCUT2D eigenvalue weighted by molar-refractivity contribution is 0.0634. The van der Waals surface area contributed by atoms with Gasteiger partial charge in [-0.15, -0.1) is 0 Å². The maximum Gasteiger partial charge on any atom is 0.411 e. The Hall–Kier alpha value is -3.23. The summed E-state index contributed by atoms with van der Waals surface area (Å²) in [6.45, 7) is 2.39. The van der Waals surface area contributed by atoms with Gasteiger partial charge >= 0.3 is 6.09 Å². The first-order valence-electron chi connectivity index (χ1n) is 10.4. The number of ether oxygens (including phenoxy) is 2. The van der Waals surface area contributed by atoms with Crippen LogP contribution in [0.25, 0.3) is 0 Å². The lowest BCUT2D eigenvalue weighted by Crippen LogP contribution is -2.49. The second-order valence-corrected chi connectivity index (χ2v) is 7.95. The van der Waals surface area contributed by atoms with E-state index in [1.807, 2.05) is 37.3 Å². The topological polar surface area (TPSA) is 59.1 Å². The number of amides is 2. The molecule has 2 heterocycles.